The zero-order valence-corrected chi connectivity index (χ0v) is 11.1. The smallest absolute Gasteiger partial charge is 0.153 e. The van der Waals surface area contributed by atoms with Gasteiger partial charge < -0.3 is 4.74 Å². The van der Waals surface area contributed by atoms with E-state index in [1.54, 1.807) is 0 Å². The van der Waals surface area contributed by atoms with Gasteiger partial charge in [-0.15, -0.1) is 12.4 Å². The van der Waals surface area contributed by atoms with Crippen LogP contribution in [0.3, 0.4) is 0 Å². The molecule has 2 aliphatic rings. The molecule has 0 saturated carbocycles. The summed E-state index contributed by atoms with van der Waals surface area (Å²) in [5.41, 5.74) is 0. The number of halogens is 1. The minimum atomic E-state index is -2.82. The van der Waals surface area contributed by atoms with Crippen molar-refractivity contribution in [3.63, 3.8) is 0 Å². The van der Waals surface area contributed by atoms with Gasteiger partial charge in [0.2, 0.25) is 0 Å². The summed E-state index contributed by atoms with van der Waals surface area (Å²) < 4.78 is 28.8. The van der Waals surface area contributed by atoms with Gasteiger partial charge in [0, 0.05) is 13.0 Å². The highest BCUT2D eigenvalue weighted by Crippen LogP contribution is 2.25. The number of sulfone groups is 1. The van der Waals surface area contributed by atoms with Crippen LogP contribution in [0.25, 0.3) is 0 Å². The molecule has 96 valence electrons. The Labute approximate surface area is 103 Å². The van der Waals surface area contributed by atoms with Gasteiger partial charge in [-0.1, -0.05) is 6.92 Å². The fraction of sp³-hybridized carbons (Fsp3) is 1.00. The van der Waals surface area contributed by atoms with Gasteiger partial charge in [-0.05, 0) is 18.8 Å². The number of hydrogen-bond donors (Lipinski definition) is 1. The molecule has 2 aliphatic heterocycles. The molecule has 0 aromatic heterocycles. The second-order valence-electron chi connectivity index (χ2n) is 4.70. The SMILES string of the molecule is CC1CNC(CC2CCCS2(=O)=O)OC1.Cl. The summed E-state index contributed by atoms with van der Waals surface area (Å²) in [5.74, 6) is 0.891. The quantitative estimate of drug-likeness (QED) is 0.811. The van der Waals surface area contributed by atoms with Crippen molar-refractivity contribution in [1.29, 1.82) is 0 Å². The Kier molecular flexibility index (Phi) is 5.04. The zero-order valence-electron chi connectivity index (χ0n) is 9.52. The molecule has 1 N–H and O–H groups in total. The minimum Gasteiger partial charge on any atom is -0.363 e. The van der Waals surface area contributed by atoms with Crippen LogP contribution in [0.1, 0.15) is 26.2 Å². The first-order valence-corrected chi connectivity index (χ1v) is 7.36. The van der Waals surface area contributed by atoms with Gasteiger partial charge in [-0.25, -0.2) is 8.42 Å². The van der Waals surface area contributed by atoms with E-state index in [1.165, 1.54) is 0 Å². The van der Waals surface area contributed by atoms with Crippen molar-refractivity contribution < 1.29 is 13.2 Å². The summed E-state index contributed by atoms with van der Waals surface area (Å²) in [6.45, 7) is 3.79. The molecule has 2 rings (SSSR count). The molecule has 2 saturated heterocycles. The van der Waals surface area contributed by atoms with Gasteiger partial charge in [-0.3, -0.25) is 5.32 Å². The van der Waals surface area contributed by atoms with E-state index in [1.807, 2.05) is 0 Å². The van der Waals surface area contributed by atoms with E-state index in [0.29, 0.717) is 18.1 Å². The fourth-order valence-electron chi connectivity index (χ4n) is 2.24. The van der Waals surface area contributed by atoms with Crippen molar-refractivity contribution in [2.45, 2.75) is 37.7 Å². The lowest BCUT2D eigenvalue weighted by Gasteiger charge is -2.29. The Morgan fingerprint density at radius 2 is 2.19 bits per heavy atom. The Balaban J connectivity index is 0.00000128. The topological polar surface area (TPSA) is 55.4 Å². The molecule has 0 amide bonds. The molecule has 0 radical (unpaired) electrons. The standard InChI is InChI=1S/C10H19NO3S.ClH/c1-8-6-11-10(14-7-8)5-9-3-2-4-15(9,12)13;/h8-11H,2-7H2,1H3;1H. The molecule has 3 atom stereocenters. The summed E-state index contributed by atoms with van der Waals surface area (Å²) in [6.07, 6.45) is 2.18. The largest absolute Gasteiger partial charge is 0.363 e. The maximum Gasteiger partial charge on any atom is 0.153 e. The summed E-state index contributed by atoms with van der Waals surface area (Å²) in [5, 5.41) is 3.07. The molecule has 0 bridgehead atoms. The number of ether oxygens (including phenoxy) is 1. The lowest BCUT2D eigenvalue weighted by molar-refractivity contribution is -0.0280. The number of hydrogen-bond acceptors (Lipinski definition) is 4. The highest BCUT2D eigenvalue weighted by molar-refractivity contribution is 7.92. The van der Waals surface area contributed by atoms with Crippen LogP contribution in [-0.2, 0) is 14.6 Å². The first kappa shape index (κ1) is 14.2. The molecular weight excluding hydrogens is 250 g/mol. The summed E-state index contributed by atoms with van der Waals surface area (Å²) >= 11 is 0. The number of rotatable bonds is 2. The van der Waals surface area contributed by atoms with Crippen molar-refractivity contribution in [3.8, 4) is 0 Å². The number of nitrogens with one attached hydrogen (secondary N) is 1. The molecule has 0 aromatic rings. The minimum absolute atomic E-state index is 0. The Bertz CT molecular complexity index is 312. The van der Waals surface area contributed by atoms with Crippen molar-refractivity contribution in [1.82, 2.24) is 5.32 Å². The Morgan fingerprint density at radius 3 is 2.69 bits per heavy atom. The van der Waals surface area contributed by atoms with Gasteiger partial charge in [-0.2, -0.15) is 0 Å². The molecule has 2 heterocycles. The average Bonchev–Trinajstić information content (AvgIpc) is 2.50. The van der Waals surface area contributed by atoms with Crippen molar-refractivity contribution >= 4 is 22.2 Å². The lowest BCUT2D eigenvalue weighted by Crippen LogP contribution is -2.44. The maximum absolute atomic E-state index is 11.6. The maximum atomic E-state index is 11.6. The van der Waals surface area contributed by atoms with Crippen molar-refractivity contribution in [2.75, 3.05) is 18.9 Å². The first-order chi connectivity index (χ1) is 7.08. The van der Waals surface area contributed by atoms with Crippen molar-refractivity contribution in [3.05, 3.63) is 0 Å². The Hall–Kier alpha value is 0.160. The monoisotopic (exact) mass is 269 g/mol. The second kappa shape index (κ2) is 5.67. The van der Waals surface area contributed by atoms with Crippen LogP contribution in [-0.4, -0.2) is 38.8 Å². The molecule has 0 aromatic carbocycles. The van der Waals surface area contributed by atoms with E-state index < -0.39 is 9.84 Å². The lowest BCUT2D eigenvalue weighted by atomic mass is 10.1. The third-order valence-electron chi connectivity index (χ3n) is 3.22. The summed E-state index contributed by atoms with van der Waals surface area (Å²) in [7, 11) is -2.82. The molecule has 3 unspecified atom stereocenters. The normalized spacial score (nSPS) is 37.9. The predicted octanol–water partition coefficient (Wildman–Crippen LogP) is 0.958. The summed E-state index contributed by atoms with van der Waals surface area (Å²) in [6, 6.07) is 0. The summed E-state index contributed by atoms with van der Waals surface area (Å²) in [4.78, 5) is 0. The molecule has 0 aliphatic carbocycles. The van der Waals surface area contributed by atoms with Crippen LogP contribution in [0.15, 0.2) is 0 Å². The highest BCUT2D eigenvalue weighted by atomic mass is 35.5. The van der Waals surface area contributed by atoms with Crippen LogP contribution >= 0.6 is 12.4 Å². The van der Waals surface area contributed by atoms with Gasteiger partial charge >= 0.3 is 0 Å². The molecule has 6 heteroatoms. The third kappa shape index (κ3) is 3.32. The zero-order chi connectivity index (χ0) is 10.9. The molecule has 16 heavy (non-hydrogen) atoms. The Morgan fingerprint density at radius 1 is 1.44 bits per heavy atom. The van der Waals surface area contributed by atoms with Gasteiger partial charge in [0.1, 0.15) is 6.23 Å². The van der Waals surface area contributed by atoms with Crippen LogP contribution in [0.5, 0.6) is 0 Å². The van der Waals surface area contributed by atoms with E-state index in [0.717, 1.165) is 26.0 Å². The van der Waals surface area contributed by atoms with Gasteiger partial charge in [0.05, 0.1) is 17.6 Å². The second-order valence-corrected chi connectivity index (χ2v) is 7.10. The predicted molar refractivity (Wildman–Crippen MR) is 65.6 cm³/mol. The fourth-order valence-corrected chi connectivity index (χ4v) is 4.14. The molecule has 0 spiro atoms. The van der Waals surface area contributed by atoms with E-state index in [9.17, 15) is 8.42 Å². The van der Waals surface area contributed by atoms with Crippen LogP contribution < -0.4 is 5.32 Å². The highest BCUT2D eigenvalue weighted by Gasteiger charge is 2.34. The van der Waals surface area contributed by atoms with Crippen molar-refractivity contribution in [2.24, 2.45) is 5.92 Å². The van der Waals surface area contributed by atoms with Crippen LogP contribution in [0, 0.1) is 5.92 Å². The molecule has 4 nitrogen and oxygen atoms in total. The molecular formula is C10H20ClNO3S. The van der Waals surface area contributed by atoms with E-state index in [2.05, 4.69) is 12.2 Å². The molecule has 2 fully saturated rings. The van der Waals surface area contributed by atoms with Gasteiger partial charge in [0.15, 0.2) is 9.84 Å². The van der Waals surface area contributed by atoms with Crippen LogP contribution in [0.4, 0.5) is 0 Å². The van der Waals surface area contributed by atoms with E-state index >= 15 is 0 Å². The van der Waals surface area contributed by atoms with E-state index in [-0.39, 0.29) is 23.9 Å². The van der Waals surface area contributed by atoms with Crippen LogP contribution in [0.2, 0.25) is 0 Å². The van der Waals surface area contributed by atoms with E-state index in [4.69, 9.17) is 4.74 Å². The average molecular weight is 270 g/mol. The van der Waals surface area contributed by atoms with Gasteiger partial charge in [0.25, 0.3) is 0 Å². The third-order valence-corrected chi connectivity index (χ3v) is 5.52. The first-order valence-electron chi connectivity index (χ1n) is 5.64.